The molecular formula is C14H18N2O4. The SMILES string of the molecule is CCOC(=O)C1CCCN(C(=O)c2cncc(O)c2)C1. The molecule has 2 heterocycles. The second-order valence-electron chi connectivity index (χ2n) is 4.77. The van der Waals surface area contributed by atoms with Crippen LogP contribution in [-0.2, 0) is 9.53 Å². The molecule has 0 saturated carbocycles. The molecule has 1 saturated heterocycles. The molecule has 6 nitrogen and oxygen atoms in total. The van der Waals surface area contributed by atoms with Crippen LogP contribution in [0, 0.1) is 5.92 Å². The van der Waals surface area contributed by atoms with Gasteiger partial charge in [-0.3, -0.25) is 14.6 Å². The minimum atomic E-state index is -0.266. The number of aromatic nitrogens is 1. The first-order valence-corrected chi connectivity index (χ1v) is 6.71. The van der Waals surface area contributed by atoms with Gasteiger partial charge in [-0.15, -0.1) is 0 Å². The maximum absolute atomic E-state index is 12.3. The first-order chi connectivity index (χ1) is 9.61. The molecule has 0 aromatic carbocycles. The highest BCUT2D eigenvalue weighted by Crippen LogP contribution is 2.20. The number of aromatic hydroxyl groups is 1. The van der Waals surface area contributed by atoms with Gasteiger partial charge in [0.25, 0.3) is 5.91 Å². The molecule has 1 aliphatic heterocycles. The van der Waals surface area contributed by atoms with E-state index in [9.17, 15) is 14.7 Å². The van der Waals surface area contributed by atoms with Crippen molar-refractivity contribution in [3.05, 3.63) is 24.0 Å². The number of amides is 1. The number of carbonyl (C=O) groups excluding carboxylic acids is 2. The maximum Gasteiger partial charge on any atom is 0.310 e. The van der Waals surface area contributed by atoms with Crippen LogP contribution >= 0.6 is 0 Å². The monoisotopic (exact) mass is 278 g/mol. The van der Waals surface area contributed by atoms with Crippen molar-refractivity contribution in [3.63, 3.8) is 0 Å². The summed E-state index contributed by atoms with van der Waals surface area (Å²) in [6.07, 6.45) is 4.19. The largest absolute Gasteiger partial charge is 0.506 e. The Kier molecular flexibility index (Phi) is 4.55. The highest BCUT2D eigenvalue weighted by molar-refractivity contribution is 5.94. The second-order valence-corrected chi connectivity index (χ2v) is 4.77. The molecule has 1 atom stereocenters. The van der Waals surface area contributed by atoms with E-state index in [0.29, 0.717) is 25.3 Å². The van der Waals surface area contributed by atoms with Crippen LogP contribution in [0.5, 0.6) is 5.75 Å². The standard InChI is InChI=1S/C14H18N2O4/c1-2-20-14(19)10-4-3-5-16(9-10)13(18)11-6-12(17)8-15-7-11/h6-8,10,17H,2-5,9H2,1H3. The molecule has 1 aromatic heterocycles. The number of esters is 1. The van der Waals surface area contributed by atoms with Crippen LogP contribution in [0.2, 0.25) is 0 Å². The lowest BCUT2D eigenvalue weighted by atomic mass is 9.97. The summed E-state index contributed by atoms with van der Waals surface area (Å²) in [5.41, 5.74) is 0.328. The summed E-state index contributed by atoms with van der Waals surface area (Å²) >= 11 is 0. The van der Waals surface area contributed by atoms with E-state index in [1.807, 2.05) is 0 Å². The summed E-state index contributed by atoms with van der Waals surface area (Å²) < 4.78 is 5.01. The fourth-order valence-corrected chi connectivity index (χ4v) is 2.34. The molecular weight excluding hydrogens is 260 g/mol. The van der Waals surface area contributed by atoms with E-state index in [1.54, 1.807) is 11.8 Å². The van der Waals surface area contributed by atoms with E-state index in [-0.39, 0.29) is 23.5 Å². The Balaban J connectivity index is 2.05. The average Bonchev–Trinajstić information content (AvgIpc) is 2.47. The lowest BCUT2D eigenvalue weighted by molar-refractivity contribution is -0.149. The lowest BCUT2D eigenvalue weighted by Crippen LogP contribution is -2.42. The summed E-state index contributed by atoms with van der Waals surface area (Å²) in [4.78, 5) is 29.5. The molecule has 1 aromatic rings. The van der Waals surface area contributed by atoms with Gasteiger partial charge in [-0.1, -0.05) is 0 Å². The Bertz CT molecular complexity index is 504. The van der Waals surface area contributed by atoms with Gasteiger partial charge in [-0.05, 0) is 25.8 Å². The van der Waals surface area contributed by atoms with Crippen LogP contribution in [0.15, 0.2) is 18.5 Å². The number of hydrogen-bond donors (Lipinski definition) is 1. The predicted octanol–water partition coefficient (Wildman–Crippen LogP) is 1.20. The van der Waals surface area contributed by atoms with E-state index >= 15 is 0 Å². The lowest BCUT2D eigenvalue weighted by Gasteiger charge is -2.31. The summed E-state index contributed by atoms with van der Waals surface area (Å²) in [6, 6.07) is 1.38. The number of nitrogens with zero attached hydrogens (tertiary/aromatic N) is 2. The van der Waals surface area contributed by atoms with Gasteiger partial charge in [0.2, 0.25) is 0 Å². The number of piperidine rings is 1. The number of pyridine rings is 1. The van der Waals surface area contributed by atoms with E-state index in [4.69, 9.17) is 4.74 Å². The highest BCUT2D eigenvalue weighted by Gasteiger charge is 2.29. The molecule has 0 spiro atoms. The molecule has 0 aliphatic carbocycles. The average molecular weight is 278 g/mol. The minimum Gasteiger partial charge on any atom is -0.506 e. The van der Waals surface area contributed by atoms with Crippen LogP contribution in [0.3, 0.4) is 0 Å². The fraction of sp³-hybridized carbons (Fsp3) is 0.500. The van der Waals surface area contributed by atoms with E-state index in [2.05, 4.69) is 4.98 Å². The molecule has 6 heteroatoms. The predicted molar refractivity (Wildman–Crippen MR) is 71.2 cm³/mol. The Morgan fingerprint density at radius 3 is 3.00 bits per heavy atom. The molecule has 1 fully saturated rings. The Labute approximate surface area is 117 Å². The Morgan fingerprint density at radius 2 is 2.30 bits per heavy atom. The van der Waals surface area contributed by atoms with Gasteiger partial charge in [-0.25, -0.2) is 0 Å². The summed E-state index contributed by atoms with van der Waals surface area (Å²) in [5.74, 6) is -0.783. The van der Waals surface area contributed by atoms with Gasteiger partial charge in [0.15, 0.2) is 0 Å². The van der Waals surface area contributed by atoms with Crippen molar-refractivity contribution in [2.45, 2.75) is 19.8 Å². The van der Waals surface area contributed by atoms with Crippen LogP contribution in [0.25, 0.3) is 0 Å². The van der Waals surface area contributed by atoms with Crippen molar-refractivity contribution in [3.8, 4) is 5.75 Å². The zero-order valence-electron chi connectivity index (χ0n) is 11.4. The smallest absolute Gasteiger partial charge is 0.310 e. The minimum absolute atomic E-state index is 0.0465. The zero-order valence-corrected chi connectivity index (χ0v) is 11.4. The first-order valence-electron chi connectivity index (χ1n) is 6.71. The van der Waals surface area contributed by atoms with E-state index < -0.39 is 0 Å². The maximum atomic E-state index is 12.3. The molecule has 0 radical (unpaired) electrons. The van der Waals surface area contributed by atoms with Crippen LogP contribution in [0.1, 0.15) is 30.1 Å². The van der Waals surface area contributed by atoms with Gasteiger partial charge in [0.1, 0.15) is 5.75 Å². The van der Waals surface area contributed by atoms with Crippen molar-refractivity contribution in [1.29, 1.82) is 0 Å². The number of ether oxygens (including phenoxy) is 1. The van der Waals surface area contributed by atoms with Gasteiger partial charge in [-0.2, -0.15) is 0 Å². The fourth-order valence-electron chi connectivity index (χ4n) is 2.34. The molecule has 1 amide bonds. The zero-order chi connectivity index (χ0) is 14.5. The van der Waals surface area contributed by atoms with Gasteiger partial charge in [0, 0.05) is 19.3 Å². The third-order valence-corrected chi connectivity index (χ3v) is 3.30. The molecule has 1 N–H and O–H groups in total. The van der Waals surface area contributed by atoms with Crippen LogP contribution in [-0.4, -0.2) is 46.6 Å². The van der Waals surface area contributed by atoms with Crippen molar-refractivity contribution in [1.82, 2.24) is 9.88 Å². The number of rotatable bonds is 3. The number of carbonyl (C=O) groups is 2. The summed E-state index contributed by atoms with van der Waals surface area (Å²) in [7, 11) is 0. The van der Waals surface area contributed by atoms with E-state index in [1.165, 1.54) is 18.5 Å². The molecule has 2 rings (SSSR count). The Hall–Kier alpha value is -2.11. The summed E-state index contributed by atoms with van der Waals surface area (Å²) in [5, 5.41) is 9.36. The third kappa shape index (κ3) is 3.26. The van der Waals surface area contributed by atoms with E-state index in [0.717, 1.165) is 12.8 Å². The van der Waals surface area contributed by atoms with Crippen LogP contribution in [0.4, 0.5) is 0 Å². The third-order valence-electron chi connectivity index (χ3n) is 3.30. The van der Waals surface area contributed by atoms with Crippen molar-refractivity contribution in [2.75, 3.05) is 19.7 Å². The molecule has 20 heavy (non-hydrogen) atoms. The van der Waals surface area contributed by atoms with Gasteiger partial charge < -0.3 is 14.7 Å². The van der Waals surface area contributed by atoms with Crippen molar-refractivity contribution >= 4 is 11.9 Å². The molecule has 108 valence electrons. The van der Waals surface area contributed by atoms with Crippen molar-refractivity contribution in [2.24, 2.45) is 5.92 Å². The molecule has 1 aliphatic rings. The number of likely N-dealkylation sites (tertiary alicyclic amines) is 1. The van der Waals surface area contributed by atoms with Crippen LogP contribution < -0.4 is 0 Å². The van der Waals surface area contributed by atoms with Gasteiger partial charge in [0.05, 0.1) is 24.3 Å². The molecule has 1 unspecified atom stereocenters. The van der Waals surface area contributed by atoms with Crippen molar-refractivity contribution < 1.29 is 19.4 Å². The quantitative estimate of drug-likeness (QED) is 0.840. The first kappa shape index (κ1) is 14.3. The molecule has 0 bridgehead atoms. The topological polar surface area (TPSA) is 79.7 Å². The Morgan fingerprint density at radius 1 is 1.50 bits per heavy atom. The number of hydrogen-bond acceptors (Lipinski definition) is 5. The highest BCUT2D eigenvalue weighted by atomic mass is 16.5. The second kappa shape index (κ2) is 6.36. The summed E-state index contributed by atoms with van der Waals surface area (Å²) in [6.45, 7) is 3.07. The van der Waals surface area contributed by atoms with Gasteiger partial charge >= 0.3 is 5.97 Å². The normalized spacial score (nSPS) is 18.6.